The van der Waals surface area contributed by atoms with Gasteiger partial charge in [-0.25, -0.2) is 0 Å². The summed E-state index contributed by atoms with van der Waals surface area (Å²) in [6, 6.07) is 7.53. The highest BCUT2D eigenvalue weighted by molar-refractivity contribution is 5.30. The zero-order valence-electron chi connectivity index (χ0n) is 6.90. The van der Waals surface area contributed by atoms with E-state index in [1.165, 1.54) is 5.56 Å². The first-order valence-electron chi connectivity index (χ1n) is 4.30. The maximum Gasteiger partial charge on any atom is 0.115 e. The fraction of sp³-hybridized carbons (Fsp3) is 0.273. The van der Waals surface area contributed by atoms with Crippen molar-refractivity contribution in [1.82, 2.24) is 0 Å². The second-order valence-corrected chi connectivity index (χ2v) is 3.23. The van der Waals surface area contributed by atoms with Crippen LogP contribution in [-0.2, 0) is 0 Å². The molecule has 62 valence electrons. The number of phenolic OH excluding ortho intramolecular Hbond substituents is 1. The summed E-state index contributed by atoms with van der Waals surface area (Å²) >= 11 is 0. The van der Waals surface area contributed by atoms with Crippen LogP contribution in [0, 0.1) is 0 Å². The van der Waals surface area contributed by atoms with Gasteiger partial charge in [-0.15, -0.1) is 0 Å². The molecule has 0 spiro atoms. The van der Waals surface area contributed by atoms with Gasteiger partial charge < -0.3 is 5.11 Å². The van der Waals surface area contributed by atoms with E-state index in [1.54, 1.807) is 12.1 Å². The number of hydrogen-bond acceptors (Lipinski definition) is 1. The van der Waals surface area contributed by atoms with E-state index in [4.69, 9.17) is 5.11 Å². The van der Waals surface area contributed by atoms with Gasteiger partial charge >= 0.3 is 0 Å². The Morgan fingerprint density at radius 3 is 2.17 bits per heavy atom. The molecule has 0 radical (unpaired) electrons. The second-order valence-electron chi connectivity index (χ2n) is 3.23. The van der Waals surface area contributed by atoms with Crippen molar-refractivity contribution in [2.24, 2.45) is 0 Å². The van der Waals surface area contributed by atoms with E-state index in [2.05, 4.69) is 12.2 Å². The maximum absolute atomic E-state index is 9.08. The third kappa shape index (κ3) is 1.35. The molecule has 1 aliphatic carbocycles. The second kappa shape index (κ2) is 3.02. The lowest BCUT2D eigenvalue weighted by Crippen LogP contribution is -1.90. The fourth-order valence-corrected chi connectivity index (χ4v) is 1.64. The van der Waals surface area contributed by atoms with Crippen LogP contribution in [0.1, 0.15) is 24.3 Å². The van der Waals surface area contributed by atoms with Crippen molar-refractivity contribution in [3.8, 4) is 5.75 Å². The average Bonchev–Trinajstić information content (AvgIpc) is 2.58. The summed E-state index contributed by atoms with van der Waals surface area (Å²) in [6.45, 7) is 0. The zero-order chi connectivity index (χ0) is 8.39. The van der Waals surface area contributed by atoms with Crippen LogP contribution in [0.15, 0.2) is 36.4 Å². The van der Waals surface area contributed by atoms with Crippen LogP contribution in [0.25, 0.3) is 0 Å². The third-order valence-electron chi connectivity index (χ3n) is 2.37. The van der Waals surface area contributed by atoms with E-state index < -0.39 is 0 Å². The maximum atomic E-state index is 9.08. The van der Waals surface area contributed by atoms with Gasteiger partial charge in [0, 0.05) is 0 Å². The predicted octanol–water partition coefficient (Wildman–Crippen LogP) is 2.83. The molecule has 0 bridgehead atoms. The first kappa shape index (κ1) is 7.41. The summed E-state index contributed by atoms with van der Waals surface area (Å²) in [6.07, 6.45) is 6.73. The van der Waals surface area contributed by atoms with Crippen molar-refractivity contribution >= 4 is 0 Å². The Morgan fingerprint density at radius 2 is 1.58 bits per heavy atom. The standard InChI is InChI=1S/C11H12O/c12-11-7-5-10(6-8-11)9-3-1-2-4-9/h1-2,5-9,12H,3-4H2. The Morgan fingerprint density at radius 1 is 1.00 bits per heavy atom. The molecular weight excluding hydrogens is 148 g/mol. The molecule has 0 aliphatic heterocycles. The predicted molar refractivity (Wildman–Crippen MR) is 49.2 cm³/mol. The summed E-state index contributed by atoms with van der Waals surface area (Å²) in [5, 5.41) is 9.08. The Kier molecular flexibility index (Phi) is 1.86. The minimum absolute atomic E-state index is 0.352. The molecule has 0 unspecified atom stereocenters. The number of aromatic hydroxyl groups is 1. The number of phenols is 1. The summed E-state index contributed by atoms with van der Waals surface area (Å²) in [5.41, 5.74) is 1.33. The molecule has 0 amide bonds. The Hall–Kier alpha value is -1.24. The van der Waals surface area contributed by atoms with Crippen molar-refractivity contribution in [2.45, 2.75) is 18.8 Å². The molecule has 0 atom stereocenters. The van der Waals surface area contributed by atoms with Crippen LogP contribution < -0.4 is 0 Å². The Bertz CT molecular complexity index is 276. The summed E-state index contributed by atoms with van der Waals surface area (Å²) in [5.74, 6) is 0.996. The summed E-state index contributed by atoms with van der Waals surface area (Å²) in [7, 11) is 0. The highest BCUT2D eigenvalue weighted by atomic mass is 16.3. The van der Waals surface area contributed by atoms with Gasteiger partial charge in [0.2, 0.25) is 0 Å². The van der Waals surface area contributed by atoms with Gasteiger partial charge in [-0.2, -0.15) is 0 Å². The molecule has 0 saturated carbocycles. The molecule has 0 heterocycles. The highest BCUT2D eigenvalue weighted by Crippen LogP contribution is 2.29. The Labute approximate surface area is 72.4 Å². The Balaban J connectivity index is 2.18. The van der Waals surface area contributed by atoms with Crippen LogP contribution in [0.2, 0.25) is 0 Å². The van der Waals surface area contributed by atoms with E-state index in [9.17, 15) is 0 Å². The van der Waals surface area contributed by atoms with Crippen molar-refractivity contribution in [1.29, 1.82) is 0 Å². The quantitative estimate of drug-likeness (QED) is 0.626. The van der Waals surface area contributed by atoms with Gasteiger partial charge in [0.1, 0.15) is 5.75 Å². The molecule has 0 saturated heterocycles. The van der Waals surface area contributed by atoms with E-state index in [0.717, 1.165) is 12.8 Å². The van der Waals surface area contributed by atoms with Crippen LogP contribution in [-0.4, -0.2) is 5.11 Å². The van der Waals surface area contributed by atoms with Crippen molar-refractivity contribution in [3.63, 3.8) is 0 Å². The normalized spacial score (nSPS) is 17.0. The molecule has 2 rings (SSSR count). The monoisotopic (exact) mass is 160 g/mol. The molecule has 0 aromatic heterocycles. The average molecular weight is 160 g/mol. The highest BCUT2D eigenvalue weighted by Gasteiger charge is 2.11. The minimum Gasteiger partial charge on any atom is -0.508 e. The smallest absolute Gasteiger partial charge is 0.115 e. The van der Waals surface area contributed by atoms with Gasteiger partial charge in [0.05, 0.1) is 0 Å². The van der Waals surface area contributed by atoms with E-state index in [-0.39, 0.29) is 0 Å². The van der Waals surface area contributed by atoms with Gasteiger partial charge in [-0.1, -0.05) is 24.3 Å². The molecule has 1 heteroatoms. The SMILES string of the molecule is Oc1ccc(C2CC=CC2)cc1. The summed E-state index contributed by atoms with van der Waals surface area (Å²) in [4.78, 5) is 0. The molecule has 1 N–H and O–H groups in total. The van der Waals surface area contributed by atoms with Crippen LogP contribution >= 0.6 is 0 Å². The molecular formula is C11H12O. The van der Waals surface area contributed by atoms with E-state index >= 15 is 0 Å². The molecule has 1 aliphatic rings. The molecule has 1 nitrogen and oxygen atoms in total. The minimum atomic E-state index is 0.352. The van der Waals surface area contributed by atoms with Gasteiger partial charge in [-0.05, 0) is 36.5 Å². The van der Waals surface area contributed by atoms with E-state index in [0.29, 0.717) is 11.7 Å². The molecule has 1 aromatic rings. The largest absolute Gasteiger partial charge is 0.508 e. The molecule has 12 heavy (non-hydrogen) atoms. The van der Waals surface area contributed by atoms with Crippen molar-refractivity contribution in [3.05, 3.63) is 42.0 Å². The fourth-order valence-electron chi connectivity index (χ4n) is 1.64. The first-order valence-corrected chi connectivity index (χ1v) is 4.30. The number of hydrogen-bond donors (Lipinski definition) is 1. The van der Waals surface area contributed by atoms with Gasteiger partial charge in [0.25, 0.3) is 0 Å². The number of allylic oxidation sites excluding steroid dienone is 2. The zero-order valence-corrected chi connectivity index (χ0v) is 6.90. The van der Waals surface area contributed by atoms with E-state index in [1.807, 2.05) is 12.1 Å². The number of benzene rings is 1. The lowest BCUT2D eigenvalue weighted by atomic mass is 9.97. The van der Waals surface area contributed by atoms with Crippen molar-refractivity contribution in [2.75, 3.05) is 0 Å². The molecule has 0 fully saturated rings. The van der Waals surface area contributed by atoms with Crippen molar-refractivity contribution < 1.29 is 5.11 Å². The number of rotatable bonds is 1. The lowest BCUT2D eigenvalue weighted by molar-refractivity contribution is 0.475. The first-order chi connectivity index (χ1) is 5.86. The third-order valence-corrected chi connectivity index (χ3v) is 2.37. The molecule has 1 aromatic carbocycles. The summed E-state index contributed by atoms with van der Waals surface area (Å²) < 4.78 is 0. The van der Waals surface area contributed by atoms with Gasteiger partial charge in [0.15, 0.2) is 0 Å². The van der Waals surface area contributed by atoms with Crippen LogP contribution in [0.5, 0.6) is 5.75 Å². The topological polar surface area (TPSA) is 20.2 Å². The van der Waals surface area contributed by atoms with Crippen LogP contribution in [0.3, 0.4) is 0 Å². The van der Waals surface area contributed by atoms with Crippen LogP contribution in [0.4, 0.5) is 0 Å². The lowest BCUT2D eigenvalue weighted by Gasteiger charge is -2.08. The van der Waals surface area contributed by atoms with Gasteiger partial charge in [-0.3, -0.25) is 0 Å².